The smallest absolute Gasteiger partial charge is 0.361 e. The lowest BCUT2D eigenvalue weighted by Crippen LogP contribution is -2.14. The first-order chi connectivity index (χ1) is 26.9. The van der Waals surface area contributed by atoms with E-state index >= 15 is 0 Å². The average molecular weight is 731 g/mol. The van der Waals surface area contributed by atoms with Gasteiger partial charge in [0.1, 0.15) is 25.0 Å². The lowest BCUT2D eigenvalue weighted by molar-refractivity contribution is -0.221. The third-order valence-corrected chi connectivity index (χ3v) is 9.73. The summed E-state index contributed by atoms with van der Waals surface area (Å²) in [5.74, 6) is -0.312. The Labute approximate surface area is 318 Å². The zero-order valence-electron chi connectivity index (χ0n) is 30.6. The summed E-state index contributed by atoms with van der Waals surface area (Å²) in [6.07, 6.45) is 6.96. The molecule has 2 aliphatic heterocycles. The first kappa shape index (κ1) is 35.3. The van der Waals surface area contributed by atoms with Gasteiger partial charge in [-0.25, -0.2) is 9.78 Å². The van der Waals surface area contributed by atoms with Crippen LogP contribution in [-0.2, 0) is 27.5 Å². The van der Waals surface area contributed by atoms with Gasteiger partial charge in [-0.1, -0.05) is 86.0 Å². The summed E-state index contributed by atoms with van der Waals surface area (Å²) in [7, 11) is 0. The van der Waals surface area contributed by atoms with Crippen molar-refractivity contribution in [1.29, 1.82) is 0 Å². The number of hydrogen-bond donors (Lipinski definition) is 0. The van der Waals surface area contributed by atoms with Gasteiger partial charge in [-0.3, -0.25) is 19.1 Å². The number of carbonyl (C=O) groups is 1. The monoisotopic (exact) mass is 730 g/mol. The van der Waals surface area contributed by atoms with Gasteiger partial charge >= 0.3 is 5.97 Å². The van der Waals surface area contributed by atoms with Crippen molar-refractivity contribution in [1.82, 2.24) is 19.1 Å². The highest BCUT2D eigenvalue weighted by Crippen LogP contribution is 2.32. The third kappa shape index (κ3) is 6.82. The van der Waals surface area contributed by atoms with Crippen molar-refractivity contribution < 1.29 is 24.0 Å². The van der Waals surface area contributed by atoms with Crippen LogP contribution in [0.1, 0.15) is 66.4 Å². The molecule has 2 aliphatic rings. The van der Waals surface area contributed by atoms with E-state index in [2.05, 4.69) is 73.4 Å². The number of aryl methyl sites for hydroxylation is 2. The third-order valence-electron chi connectivity index (χ3n) is 9.73. The number of hydrogen-bond acceptors (Lipinski definition) is 9. The number of esters is 1. The van der Waals surface area contributed by atoms with E-state index in [1.165, 1.54) is 0 Å². The summed E-state index contributed by atoms with van der Waals surface area (Å²) in [4.78, 5) is 43.3. The summed E-state index contributed by atoms with van der Waals surface area (Å²) in [5.41, 5.74) is 13.2. The molecule has 0 spiro atoms. The van der Waals surface area contributed by atoms with Crippen molar-refractivity contribution in [2.45, 2.75) is 26.9 Å². The Bertz CT molecular complexity index is 2530. The quantitative estimate of drug-likeness (QED) is 0.0415. The second-order valence-corrected chi connectivity index (χ2v) is 13.1. The maximum absolute atomic E-state index is 13.3. The van der Waals surface area contributed by atoms with Crippen molar-refractivity contribution in [3.05, 3.63) is 172 Å². The molecule has 4 aromatic carbocycles. The Hall–Kier alpha value is -6.69. The fraction of sp³-hybridized carbons (Fsp3) is 0.159. The van der Waals surface area contributed by atoms with Crippen LogP contribution in [0.4, 0.5) is 0 Å². The summed E-state index contributed by atoms with van der Waals surface area (Å²) in [6.45, 7) is 12.4. The number of aliphatic imine (C=N–C) groups is 2. The molecule has 0 radical (unpaired) electrons. The molecule has 11 nitrogen and oxygen atoms in total. The Morgan fingerprint density at radius 2 is 1.27 bits per heavy atom. The van der Waals surface area contributed by atoms with E-state index in [1.807, 2.05) is 63.7 Å². The zero-order chi connectivity index (χ0) is 37.9. The predicted molar refractivity (Wildman–Crippen MR) is 211 cm³/mol. The highest BCUT2D eigenvalue weighted by Gasteiger charge is 2.27. The minimum atomic E-state index is -0.614. The first-order valence-electron chi connectivity index (χ1n) is 17.9. The highest BCUT2D eigenvalue weighted by atomic mass is 17.2. The molecule has 0 N–H and O–H groups in total. The molecule has 0 atom stereocenters. The van der Waals surface area contributed by atoms with E-state index in [-0.39, 0.29) is 32.2 Å². The van der Waals surface area contributed by atoms with Crippen molar-refractivity contribution >= 4 is 29.5 Å². The molecule has 2 aromatic heterocycles. The molecule has 0 bridgehead atoms. The van der Waals surface area contributed by atoms with Gasteiger partial charge in [0.05, 0.1) is 48.2 Å². The summed E-state index contributed by atoms with van der Waals surface area (Å²) in [5, 5.41) is 0. The Kier molecular flexibility index (Phi) is 9.86. The minimum absolute atomic E-state index is 0.0562. The van der Waals surface area contributed by atoms with Crippen molar-refractivity contribution in [3.8, 4) is 17.3 Å². The van der Waals surface area contributed by atoms with Gasteiger partial charge in [-0.2, -0.15) is 9.87 Å². The molecule has 8 rings (SSSR count). The van der Waals surface area contributed by atoms with E-state index in [9.17, 15) is 4.79 Å². The van der Waals surface area contributed by atoms with Crippen molar-refractivity contribution in [3.63, 3.8) is 0 Å². The van der Waals surface area contributed by atoms with Gasteiger partial charge in [0.15, 0.2) is 12.5 Å². The normalized spacial score (nSPS) is 12.8. The number of fused-ring (bicyclic) bond motifs is 6. The van der Waals surface area contributed by atoms with Crippen LogP contribution in [0.25, 0.3) is 23.5 Å². The van der Waals surface area contributed by atoms with Crippen molar-refractivity contribution in [2.24, 2.45) is 9.98 Å². The summed E-state index contributed by atoms with van der Waals surface area (Å²) in [6, 6.07) is 28.4. The predicted octanol–water partition coefficient (Wildman–Crippen LogP) is 7.80. The molecule has 274 valence electrons. The fourth-order valence-corrected chi connectivity index (χ4v) is 6.87. The number of aromatic nitrogens is 4. The molecule has 11 heteroatoms. The van der Waals surface area contributed by atoms with Gasteiger partial charge in [0, 0.05) is 22.3 Å². The van der Waals surface area contributed by atoms with E-state index in [0.29, 0.717) is 18.1 Å². The van der Waals surface area contributed by atoms with Crippen LogP contribution < -0.4 is 4.89 Å². The fourth-order valence-electron chi connectivity index (χ4n) is 6.87. The van der Waals surface area contributed by atoms with Crippen LogP contribution >= 0.6 is 0 Å². The lowest BCUT2D eigenvalue weighted by atomic mass is 9.95. The summed E-state index contributed by atoms with van der Waals surface area (Å²) < 4.78 is 14.9. The second-order valence-electron chi connectivity index (χ2n) is 13.1. The van der Waals surface area contributed by atoms with Crippen LogP contribution in [0.15, 0.2) is 121 Å². The van der Waals surface area contributed by atoms with Crippen LogP contribution in [0.5, 0.6) is 5.88 Å². The molecule has 0 saturated carbocycles. The first-order valence-corrected chi connectivity index (χ1v) is 17.9. The van der Waals surface area contributed by atoms with Gasteiger partial charge < -0.3 is 14.4 Å². The lowest BCUT2D eigenvalue weighted by Gasteiger charge is -2.14. The van der Waals surface area contributed by atoms with E-state index in [0.717, 1.165) is 73.0 Å². The molecule has 0 amide bonds. The van der Waals surface area contributed by atoms with Crippen LogP contribution in [0.3, 0.4) is 0 Å². The van der Waals surface area contributed by atoms with E-state index in [4.69, 9.17) is 29.2 Å². The summed E-state index contributed by atoms with van der Waals surface area (Å²) >= 11 is 0. The highest BCUT2D eigenvalue weighted by molar-refractivity contribution is 6.17. The number of benzene rings is 4. The topological polar surface area (TPSA) is 114 Å². The van der Waals surface area contributed by atoms with Crippen LogP contribution in [0, 0.1) is 13.8 Å². The second kappa shape index (κ2) is 15.3. The van der Waals surface area contributed by atoms with Gasteiger partial charge in [0.25, 0.3) is 5.88 Å². The molecular weight excluding hydrogens is 693 g/mol. The molecule has 6 aromatic rings. The molecule has 55 heavy (non-hydrogen) atoms. The number of ether oxygens (including phenoxy) is 2. The molecule has 0 fully saturated rings. The zero-order valence-corrected chi connectivity index (χ0v) is 30.6. The molecule has 0 unspecified atom stereocenters. The van der Waals surface area contributed by atoms with Crippen molar-refractivity contribution in [2.75, 3.05) is 20.0 Å². The average Bonchev–Trinajstić information content (AvgIpc) is 3.73. The minimum Gasteiger partial charge on any atom is -0.434 e. The standard InChI is InChI=1S/C44H38N6O5/c1-5-30-15-17-36-34(21-30)40(32-13-9-7-11-28(32)3)45-23-38-42(47-25-49(36)38)44(51)53-27-52-19-20-54-55-43-39-24-46-41(33-14-10-8-12-29(33)4)35-22-31(6-2)16-18-37(35)50(39)26-48-43/h5-18,21-22,25-26H,1-2,19-20,23-24,27H2,3-4H3. The number of rotatable bonds is 12. The number of carbonyl (C=O) groups excluding carboxylic acids is 1. The molecule has 0 saturated heterocycles. The molecule has 4 heterocycles. The molecule has 0 aliphatic carbocycles. The number of nitrogens with zero attached hydrogens (tertiary/aromatic N) is 6. The van der Waals surface area contributed by atoms with Gasteiger partial charge in [-0.05, 0) is 60.4 Å². The largest absolute Gasteiger partial charge is 0.434 e. The maximum atomic E-state index is 13.3. The Morgan fingerprint density at radius 1 is 0.709 bits per heavy atom. The maximum Gasteiger partial charge on any atom is 0.361 e. The SMILES string of the molecule is C=Cc1ccc2c(c1)C(c1ccccc1C)=NCc1c(OOCCOCOC(=O)c3ncn4c3CN=C(c3ccccc3C)c3cc(C=C)ccc3-4)ncn1-2. The molecular formula is C44H38N6O5. The van der Waals surface area contributed by atoms with Gasteiger partial charge in [0.2, 0.25) is 0 Å². The number of imidazole rings is 2. The van der Waals surface area contributed by atoms with E-state index in [1.54, 1.807) is 18.7 Å². The Balaban J connectivity index is 0.899. The van der Waals surface area contributed by atoms with Crippen LogP contribution in [-0.4, -0.2) is 56.5 Å². The Morgan fingerprint density at radius 3 is 1.87 bits per heavy atom. The van der Waals surface area contributed by atoms with Gasteiger partial charge in [-0.15, -0.1) is 0 Å². The van der Waals surface area contributed by atoms with Crippen LogP contribution in [0.2, 0.25) is 0 Å². The van der Waals surface area contributed by atoms with E-state index < -0.39 is 5.97 Å².